The summed E-state index contributed by atoms with van der Waals surface area (Å²) >= 11 is 5.75. The minimum Gasteiger partial charge on any atom is -0.286 e. The Balaban J connectivity index is 2.18. The number of nitrogens with zero attached hydrogens (tertiary/aromatic N) is 2. The Bertz CT molecular complexity index is 673. The Labute approximate surface area is 121 Å². The van der Waals surface area contributed by atoms with Crippen LogP contribution in [0.3, 0.4) is 0 Å². The molecule has 0 aliphatic rings. The third-order valence-corrected chi connectivity index (χ3v) is 2.75. The summed E-state index contributed by atoms with van der Waals surface area (Å²) in [5, 5.41) is 13.4. The van der Waals surface area contributed by atoms with Gasteiger partial charge in [0.15, 0.2) is 0 Å². The van der Waals surface area contributed by atoms with Gasteiger partial charge in [-0.15, -0.1) is 0 Å². The number of hydrazone groups is 1. The number of hydrogen-bond donors (Lipinski definition) is 1. The molecule has 0 radical (unpaired) electrons. The number of para-hydroxylation sites is 1. The van der Waals surface area contributed by atoms with Gasteiger partial charge in [0.2, 0.25) is 11.5 Å². The molecule has 0 spiro atoms. The Morgan fingerprint density at radius 2 is 1.75 bits per heavy atom. The lowest BCUT2D eigenvalue weighted by Gasteiger charge is -2.01. The van der Waals surface area contributed by atoms with E-state index < -0.39 is 5.78 Å². The van der Waals surface area contributed by atoms with Gasteiger partial charge in [0.1, 0.15) is 6.07 Å². The minimum atomic E-state index is -0.451. The molecule has 2 aromatic rings. The summed E-state index contributed by atoms with van der Waals surface area (Å²) in [5.41, 5.74) is 3.53. The van der Waals surface area contributed by atoms with Gasteiger partial charge in [0.25, 0.3) is 0 Å². The first kappa shape index (κ1) is 13.8. The van der Waals surface area contributed by atoms with E-state index in [1.54, 1.807) is 42.5 Å². The number of Topliss-reactive ketones (excluding diaryl/α,β-unsaturated/α-hetero) is 1. The fraction of sp³-hybridized carbons (Fsp3) is 0. The lowest BCUT2D eigenvalue weighted by atomic mass is 10.1. The molecule has 4 nitrogen and oxygen atoms in total. The van der Waals surface area contributed by atoms with Gasteiger partial charge in [-0.3, -0.25) is 10.2 Å². The van der Waals surface area contributed by atoms with E-state index in [0.717, 1.165) is 0 Å². The monoisotopic (exact) mass is 283 g/mol. The third-order valence-electron chi connectivity index (χ3n) is 2.50. The molecule has 0 saturated carbocycles. The summed E-state index contributed by atoms with van der Waals surface area (Å²) in [4.78, 5) is 12.1. The minimum absolute atomic E-state index is 0.212. The summed E-state index contributed by atoms with van der Waals surface area (Å²) in [6, 6.07) is 17.2. The molecule has 0 aromatic heterocycles. The van der Waals surface area contributed by atoms with Crippen molar-refractivity contribution in [1.29, 1.82) is 5.26 Å². The Morgan fingerprint density at radius 3 is 2.35 bits per heavy atom. The van der Waals surface area contributed by atoms with Crippen molar-refractivity contribution in [3.63, 3.8) is 0 Å². The summed E-state index contributed by atoms with van der Waals surface area (Å²) < 4.78 is 0. The van der Waals surface area contributed by atoms with Gasteiger partial charge in [-0.2, -0.15) is 10.4 Å². The number of nitrogens with one attached hydrogen (secondary N) is 1. The van der Waals surface area contributed by atoms with Crippen LogP contribution in [0, 0.1) is 11.3 Å². The van der Waals surface area contributed by atoms with Gasteiger partial charge < -0.3 is 0 Å². The molecule has 20 heavy (non-hydrogen) atoms. The van der Waals surface area contributed by atoms with Crippen LogP contribution in [0.5, 0.6) is 0 Å². The third kappa shape index (κ3) is 3.44. The molecule has 0 saturated heterocycles. The van der Waals surface area contributed by atoms with Crippen LogP contribution in [0.2, 0.25) is 5.02 Å². The second-order valence-corrected chi connectivity index (χ2v) is 4.32. The summed E-state index contributed by atoms with van der Waals surface area (Å²) in [5.74, 6) is -0.451. The lowest BCUT2D eigenvalue weighted by Crippen LogP contribution is -2.14. The number of carbonyl (C=O) groups excluding carboxylic acids is 1. The molecule has 5 heteroatoms. The van der Waals surface area contributed by atoms with Crippen LogP contribution < -0.4 is 5.43 Å². The fourth-order valence-corrected chi connectivity index (χ4v) is 1.62. The number of benzene rings is 2. The van der Waals surface area contributed by atoms with E-state index in [2.05, 4.69) is 10.5 Å². The standard InChI is InChI=1S/C15H10ClN3O/c16-12-8-6-11(7-9-12)15(20)14(10-17)19-18-13-4-2-1-3-5-13/h1-9,18H/b19-14-. The molecule has 0 atom stereocenters. The van der Waals surface area contributed by atoms with Gasteiger partial charge >= 0.3 is 0 Å². The lowest BCUT2D eigenvalue weighted by molar-refractivity contribution is 0.106. The number of rotatable bonds is 4. The molecule has 0 amide bonds. The molecule has 0 unspecified atom stereocenters. The van der Waals surface area contributed by atoms with Gasteiger partial charge in [0.05, 0.1) is 5.69 Å². The molecule has 0 aliphatic heterocycles. The highest BCUT2D eigenvalue weighted by Gasteiger charge is 2.13. The first-order valence-electron chi connectivity index (χ1n) is 5.80. The van der Waals surface area contributed by atoms with E-state index in [9.17, 15) is 4.79 Å². The molecule has 2 aromatic carbocycles. The van der Waals surface area contributed by atoms with E-state index >= 15 is 0 Å². The second-order valence-electron chi connectivity index (χ2n) is 3.89. The van der Waals surface area contributed by atoms with Crippen LogP contribution in [0.25, 0.3) is 0 Å². The quantitative estimate of drug-likeness (QED) is 0.530. The summed E-state index contributed by atoms with van der Waals surface area (Å²) in [6.07, 6.45) is 0. The Hall–Kier alpha value is -2.64. The maximum atomic E-state index is 12.1. The maximum Gasteiger partial charge on any atom is 0.223 e. The largest absolute Gasteiger partial charge is 0.286 e. The SMILES string of the molecule is N#C/C(=N/Nc1ccccc1)C(=O)c1ccc(Cl)cc1. The number of carbonyl (C=O) groups is 1. The van der Waals surface area contributed by atoms with Crippen molar-refractivity contribution in [3.8, 4) is 6.07 Å². The smallest absolute Gasteiger partial charge is 0.223 e. The van der Waals surface area contributed by atoms with Crippen molar-refractivity contribution in [3.05, 3.63) is 65.2 Å². The van der Waals surface area contributed by atoms with Gasteiger partial charge in [-0.1, -0.05) is 29.8 Å². The molecule has 0 aliphatic carbocycles. The molecule has 0 heterocycles. The number of hydrogen-bond acceptors (Lipinski definition) is 4. The van der Waals surface area contributed by atoms with Gasteiger partial charge in [-0.25, -0.2) is 0 Å². The van der Waals surface area contributed by atoms with Crippen molar-refractivity contribution < 1.29 is 4.79 Å². The average Bonchev–Trinajstić information content (AvgIpc) is 2.49. The van der Waals surface area contributed by atoms with Gasteiger partial charge in [-0.05, 0) is 36.4 Å². The zero-order chi connectivity index (χ0) is 14.4. The average molecular weight is 284 g/mol. The highest BCUT2D eigenvalue weighted by Crippen LogP contribution is 2.11. The summed E-state index contributed by atoms with van der Waals surface area (Å²) in [6.45, 7) is 0. The predicted octanol–water partition coefficient (Wildman–Crippen LogP) is 3.51. The molecule has 98 valence electrons. The first-order chi connectivity index (χ1) is 9.70. The van der Waals surface area contributed by atoms with Crippen LogP contribution in [0.1, 0.15) is 10.4 Å². The Kier molecular flexibility index (Phi) is 4.48. The normalized spacial score (nSPS) is 10.7. The molecule has 2 rings (SSSR count). The van der Waals surface area contributed by atoms with Crippen molar-refractivity contribution >= 4 is 28.8 Å². The van der Waals surface area contributed by atoms with Crippen LogP contribution in [-0.4, -0.2) is 11.5 Å². The summed E-state index contributed by atoms with van der Waals surface area (Å²) in [7, 11) is 0. The maximum absolute atomic E-state index is 12.1. The number of anilines is 1. The van der Waals surface area contributed by atoms with Crippen LogP contribution in [-0.2, 0) is 0 Å². The number of halogens is 1. The predicted molar refractivity (Wildman–Crippen MR) is 78.9 cm³/mol. The van der Waals surface area contributed by atoms with E-state index in [0.29, 0.717) is 16.3 Å². The highest BCUT2D eigenvalue weighted by molar-refractivity contribution is 6.51. The van der Waals surface area contributed by atoms with Crippen molar-refractivity contribution in [1.82, 2.24) is 0 Å². The molecule has 1 N–H and O–H groups in total. The molecular weight excluding hydrogens is 274 g/mol. The molecular formula is C15H10ClN3O. The zero-order valence-electron chi connectivity index (χ0n) is 10.4. The second kappa shape index (κ2) is 6.50. The number of nitriles is 1. The van der Waals surface area contributed by atoms with Crippen molar-refractivity contribution in [2.45, 2.75) is 0 Å². The number of ketones is 1. The van der Waals surface area contributed by atoms with E-state index in [-0.39, 0.29) is 5.71 Å². The van der Waals surface area contributed by atoms with Crippen LogP contribution in [0.4, 0.5) is 5.69 Å². The van der Waals surface area contributed by atoms with Gasteiger partial charge in [0, 0.05) is 10.6 Å². The van der Waals surface area contributed by atoms with Crippen molar-refractivity contribution in [2.24, 2.45) is 5.10 Å². The van der Waals surface area contributed by atoms with E-state index in [1.807, 2.05) is 18.2 Å². The Morgan fingerprint density at radius 1 is 1.10 bits per heavy atom. The van der Waals surface area contributed by atoms with E-state index in [1.165, 1.54) is 0 Å². The first-order valence-corrected chi connectivity index (χ1v) is 6.17. The molecule has 0 fully saturated rings. The fourth-order valence-electron chi connectivity index (χ4n) is 1.50. The van der Waals surface area contributed by atoms with Crippen LogP contribution >= 0.6 is 11.6 Å². The van der Waals surface area contributed by atoms with Crippen molar-refractivity contribution in [2.75, 3.05) is 5.43 Å². The topological polar surface area (TPSA) is 65.2 Å². The van der Waals surface area contributed by atoms with Crippen LogP contribution in [0.15, 0.2) is 59.7 Å². The molecule has 0 bridgehead atoms. The van der Waals surface area contributed by atoms with E-state index in [4.69, 9.17) is 16.9 Å². The highest BCUT2D eigenvalue weighted by atomic mass is 35.5. The zero-order valence-corrected chi connectivity index (χ0v) is 11.1.